The summed E-state index contributed by atoms with van der Waals surface area (Å²) >= 11 is 0. The summed E-state index contributed by atoms with van der Waals surface area (Å²) in [6, 6.07) is 10.2. The van der Waals surface area contributed by atoms with Crippen LogP contribution in [-0.2, 0) is 0 Å². The summed E-state index contributed by atoms with van der Waals surface area (Å²) in [6.07, 6.45) is 0. The fourth-order valence-corrected chi connectivity index (χ4v) is 1.99. The Morgan fingerprint density at radius 1 is 1.05 bits per heavy atom. The minimum atomic E-state index is -0.422. The van der Waals surface area contributed by atoms with Gasteiger partial charge in [-0.05, 0) is 29.8 Å². The number of halogens is 1. The number of aromatic nitrogens is 4. The lowest BCUT2D eigenvalue weighted by Gasteiger charge is -2.08. The molecule has 0 saturated heterocycles. The van der Waals surface area contributed by atoms with Crippen LogP contribution in [0, 0.1) is 12.7 Å². The van der Waals surface area contributed by atoms with Crippen LogP contribution in [-0.4, -0.2) is 25.7 Å². The highest BCUT2D eigenvalue weighted by molar-refractivity contribution is 5.73. The number of nitrogens with zero attached hydrogens (tertiary/aromatic N) is 3. The average molecular weight is 270 g/mol. The molecular weight excluding hydrogens is 259 g/mol. The van der Waals surface area contributed by atoms with E-state index in [0.29, 0.717) is 11.4 Å². The van der Waals surface area contributed by atoms with E-state index < -0.39 is 5.82 Å². The van der Waals surface area contributed by atoms with Crippen molar-refractivity contribution in [2.75, 3.05) is 0 Å². The van der Waals surface area contributed by atoms with E-state index in [0.717, 1.165) is 11.1 Å². The van der Waals surface area contributed by atoms with Gasteiger partial charge in [0.15, 0.2) is 0 Å². The fourth-order valence-electron chi connectivity index (χ4n) is 1.99. The number of rotatable bonds is 2. The van der Waals surface area contributed by atoms with E-state index in [2.05, 4.69) is 20.6 Å². The van der Waals surface area contributed by atoms with E-state index in [4.69, 9.17) is 0 Å². The maximum Gasteiger partial charge on any atom is 0.204 e. The Bertz CT molecular complexity index is 739. The van der Waals surface area contributed by atoms with Crippen molar-refractivity contribution in [3.8, 4) is 28.3 Å². The SMILES string of the molecule is Cc1c(F)ccc(-c2ccc(-c3nn[nH]n3)cc2)c1O. The summed E-state index contributed by atoms with van der Waals surface area (Å²) in [5.74, 6) is 0.0306. The van der Waals surface area contributed by atoms with Crippen molar-refractivity contribution in [3.05, 3.63) is 47.8 Å². The number of tetrazole rings is 1. The van der Waals surface area contributed by atoms with Gasteiger partial charge in [-0.25, -0.2) is 4.39 Å². The number of benzene rings is 2. The number of aromatic amines is 1. The monoisotopic (exact) mass is 270 g/mol. The first-order valence-corrected chi connectivity index (χ1v) is 5.99. The fraction of sp³-hybridized carbons (Fsp3) is 0.0714. The highest BCUT2D eigenvalue weighted by atomic mass is 19.1. The molecule has 0 aliphatic carbocycles. The van der Waals surface area contributed by atoms with E-state index in [1.54, 1.807) is 13.0 Å². The van der Waals surface area contributed by atoms with Gasteiger partial charge in [-0.2, -0.15) is 5.21 Å². The number of phenols is 1. The molecule has 0 amide bonds. The van der Waals surface area contributed by atoms with Gasteiger partial charge in [0.1, 0.15) is 11.6 Å². The molecule has 0 saturated carbocycles. The zero-order chi connectivity index (χ0) is 14.1. The lowest BCUT2D eigenvalue weighted by molar-refractivity contribution is 0.465. The van der Waals surface area contributed by atoms with Crippen LogP contribution in [0.3, 0.4) is 0 Å². The van der Waals surface area contributed by atoms with Gasteiger partial charge in [0, 0.05) is 16.7 Å². The lowest BCUT2D eigenvalue weighted by Crippen LogP contribution is -1.88. The lowest BCUT2D eigenvalue weighted by atomic mass is 10.0. The standard InChI is InChI=1S/C14H11FN4O/c1-8-12(15)7-6-11(13(8)20)9-2-4-10(5-3-9)14-16-18-19-17-14/h2-7,20H,1H3,(H,16,17,18,19). The van der Waals surface area contributed by atoms with Crippen LogP contribution >= 0.6 is 0 Å². The summed E-state index contributed by atoms with van der Waals surface area (Å²) < 4.78 is 13.3. The van der Waals surface area contributed by atoms with Gasteiger partial charge < -0.3 is 5.11 Å². The van der Waals surface area contributed by atoms with Crippen molar-refractivity contribution in [2.45, 2.75) is 6.92 Å². The van der Waals surface area contributed by atoms with Crippen LogP contribution in [0.2, 0.25) is 0 Å². The van der Waals surface area contributed by atoms with E-state index >= 15 is 0 Å². The molecule has 100 valence electrons. The summed E-state index contributed by atoms with van der Waals surface area (Å²) in [5, 5.41) is 23.7. The van der Waals surface area contributed by atoms with Gasteiger partial charge in [-0.15, -0.1) is 10.2 Å². The molecular formula is C14H11FN4O. The molecule has 0 aliphatic heterocycles. The van der Waals surface area contributed by atoms with Gasteiger partial charge in [-0.3, -0.25) is 0 Å². The summed E-state index contributed by atoms with van der Waals surface area (Å²) in [7, 11) is 0. The molecule has 0 bridgehead atoms. The molecule has 0 aliphatic rings. The molecule has 0 atom stereocenters. The molecule has 1 heterocycles. The van der Waals surface area contributed by atoms with Crippen molar-refractivity contribution >= 4 is 0 Å². The van der Waals surface area contributed by atoms with Crippen LogP contribution < -0.4 is 0 Å². The molecule has 2 N–H and O–H groups in total. The molecule has 0 fully saturated rings. The minimum absolute atomic E-state index is 0.0442. The van der Waals surface area contributed by atoms with Gasteiger partial charge >= 0.3 is 0 Å². The van der Waals surface area contributed by atoms with E-state index in [1.165, 1.54) is 6.07 Å². The van der Waals surface area contributed by atoms with Gasteiger partial charge in [0.25, 0.3) is 0 Å². The molecule has 20 heavy (non-hydrogen) atoms. The second-order valence-corrected chi connectivity index (χ2v) is 4.38. The minimum Gasteiger partial charge on any atom is -0.507 e. The molecule has 0 unspecified atom stereocenters. The number of phenolic OH excluding ortho intramolecular Hbond substituents is 1. The molecule has 1 aromatic heterocycles. The Labute approximate surface area is 114 Å². The van der Waals surface area contributed by atoms with Crippen LogP contribution in [0.1, 0.15) is 5.56 Å². The highest BCUT2D eigenvalue weighted by Gasteiger charge is 2.11. The molecule has 0 spiro atoms. The normalized spacial score (nSPS) is 10.7. The summed E-state index contributed by atoms with van der Waals surface area (Å²) in [4.78, 5) is 0. The maximum absolute atomic E-state index is 13.3. The van der Waals surface area contributed by atoms with E-state index in [1.807, 2.05) is 24.3 Å². The molecule has 0 radical (unpaired) electrons. The van der Waals surface area contributed by atoms with Crippen molar-refractivity contribution in [1.29, 1.82) is 0 Å². The third kappa shape index (κ3) is 2.01. The van der Waals surface area contributed by atoms with Gasteiger partial charge in [-0.1, -0.05) is 24.3 Å². The second kappa shape index (κ2) is 4.73. The van der Waals surface area contributed by atoms with Crippen LogP contribution in [0.25, 0.3) is 22.5 Å². The number of H-pyrrole nitrogens is 1. The first-order valence-electron chi connectivity index (χ1n) is 5.99. The average Bonchev–Trinajstić information content (AvgIpc) is 3.00. The third-order valence-electron chi connectivity index (χ3n) is 3.16. The van der Waals surface area contributed by atoms with Crippen molar-refractivity contribution < 1.29 is 9.50 Å². The predicted molar refractivity (Wildman–Crippen MR) is 71.4 cm³/mol. The van der Waals surface area contributed by atoms with Crippen molar-refractivity contribution in [2.24, 2.45) is 0 Å². The Morgan fingerprint density at radius 3 is 2.40 bits per heavy atom. The van der Waals surface area contributed by atoms with Crippen LogP contribution in [0.4, 0.5) is 4.39 Å². The van der Waals surface area contributed by atoms with Gasteiger partial charge in [0.2, 0.25) is 5.82 Å². The Hall–Kier alpha value is -2.76. The Morgan fingerprint density at radius 2 is 1.75 bits per heavy atom. The number of hydrogen-bond donors (Lipinski definition) is 2. The molecule has 5 nitrogen and oxygen atoms in total. The quantitative estimate of drug-likeness (QED) is 0.750. The first kappa shape index (κ1) is 12.3. The maximum atomic E-state index is 13.3. The van der Waals surface area contributed by atoms with Crippen molar-refractivity contribution in [3.63, 3.8) is 0 Å². The smallest absolute Gasteiger partial charge is 0.204 e. The number of aromatic hydroxyl groups is 1. The second-order valence-electron chi connectivity index (χ2n) is 4.38. The Balaban J connectivity index is 2.02. The number of hydrogen-bond acceptors (Lipinski definition) is 4. The van der Waals surface area contributed by atoms with Crippen LogP contribution in [0.15, 0.2) is 36.4 Å². The summed E-state index contributed by atoms with van der Waals surface area (Å²) in [5.41, 5.74) is 2.42. The molecule has 3 aromatic rings. The third-order valence-corrected chi connectivity index (χ3v) is 3.16. The van der Waals surface area contributed by atoms with Crippen molar-refractivity contribution in [1.82, 2.24) is 20.6 Å². The van der Waals surface area contributed by atoms with E-state index in [9.17, 15) is 9.50 Å². The van der Waals surface area contributed by atoms with E-state index in [-0.39, 0.29) is 11.3 Å². The highest BCUT2D eigenvalue weighted by Crippen LogP contribution is 2.33. The van der Waals surface area contributed by atoms with Gasteiger partial charge in [0.05, 0.1) is 0 Å². The topological polar surface area (TPSA) is 74.7 Å². The largest absolute Gasteiger partial charge is 0.507 e. The Kier molecular flexibility index (Phi) is 2.90. The zero-order valence-corrected chi connectivity index (χ0v) is 10.6. The molecule has 3 rings (SSSR count). The molecule has 6 heteroatoms. The predicted octanol–water partition coefficient (Wildman–Crippen LogP) is 2.69. The first-order chi connectivity index (χ1) is 9.66. The number of nitrogens with one attached hydrogen (secondary N) is 1. The summed E-state index contributed by atoms with van der Waals surface area (Å²) in [6.45, 7) is 1.54. The van der Waals surface area contributed by atoms with Crippen LogP contribution in [0.5, 0.6) is 5.75 Å². The zero-order valence-electron chi connectivity index (χ0n) is 10.6. The molecule has 2 aromatic carbocycles.